The number of halogens is 2. The van der Waals surface area contributed by atoms with Crippen LogP contribution in [-0.2, 0) is 17.8 Å². The minimum atomic E-state index is -2.75. The van der Waals surface area contributed by atoms with Crippen LogP contribution in [0.15, 0.2) is 72.9 Å². The number of carbonyl (C=O) groups is 2. The first-order valence-corrected chi connectivity index (χ1v) is 11.9. The Morgan fingerprint density at radius 2 is 1.82 bits per heavy atom. The summed E-state index contributed by atoms with van der Waals surface area (Å²) in [6, 6.07) is 17.7. The molecule has 11 heteroatoms. The molecular weight excluding hydrogens is 506 g/mol. The molecule has 1 amide bonds. The number of aldehydes is 1. The molecule has 0 spiro atoms. The molecule has 3 heterocycles. The van der Waals surface area contributed by atoms with E-state index in [-0.39, 0.29) is 47.3 Å². The molecule has 5 aromatic rings. The lowest BCUT2D eigenvalue weighted by atomic mass is 10.1. The van der Waals surface area contributed by atoms with Crippen LogP contribution in [0.2, 0.25) is 0 Å². The highest BCUT2D eigenvalue weighted by atomic mass is 19.3. The molecule has 2 aromatic carbocycles. The molecule has 5 rings (SSSR count). The smallest absolute Gasteiger partial charge is 0.280 e. The first kappa shape index (κ1) is 25.5. The molecule has 0 radical (unpaired) electrons. The summed E-state index contributed by atoms with van der Waals surface area (Å²) in [6.07, 6.45) is -0.634. The zero-order valence-electron chi connectivity index (χ0n) is 20.4. The van der Waals surface area contributed by atoms with Crippen molar-refractivity contribution in [2.24, 2.45) is 0 Å². The largest absolute Gasteiger partial charge is 0.507 e. The van der Waals surface area contributed by atoms with Crippen LogP contribution < -0.4 is 11.1 Å². The zero-order valence-corrected chi connectivity index (χ0v) is 20.4. The van der Waals surface area contributed by atoms with Gasteiger partial charge in [-0.1, -0.05) is 18.2 Å². The second-order valence-electron chi connectivity index (χ2n) is 8.72. The Balaban J connectivity index is 1.40. The van der Waals surface area contributed by atoms with Crippen LogP contribution >= 0.6 is 0 Å². The van der Waals surface area contributed by atoms with Gasteiger partial charge in [-0.3, -0.25) is 14.2 Å². The zero-order chi connectivity index (χ0) is 27.5. The van der Waals surface area contributed by atoms with Crippen molar-refractivity contribution in [1.82, 2.24) is 24.8 Å². The highest BCUT2D eigenvalue weighted by Gasteiger charge is 2.20. The van der Waals surface area contributed by atoms with Gasteiger partial charge in [0.2, 0.25) is 5.91 Å². The highest BCUT2D eigenvalue weighted by molar-refractivity contribution is 5.83. The van der Waals surface area contributed by atoms with E-state index in [0.717, 1.165) is 5.56 Å². The fourth-order valence-electron chi connectivity index (χ4n) is 4.14. The first-order chi connectivity index (χ1) is 18.8. The maximum atomic E-state index is 13.4. The van der Waals surface area contributed by atoms with Gasteiger partial charge in [-0.05, 0) is 59.7 Å². The molecule has 0 aliphatic rings. The summed E-state index contributed by atoms with van der Waals surface area (Å²) in [4.78, 5) is 36.1. The minimum Gasteiger partial charge on any atom is -0.507 e. The summed E-state index contributed by atoms with van der Waals surface area (Å²) in [5, 5.41) is 12.6. The number of rotatable bonds is 8. The average Bonchev–Trinajstić information content (AvgIpc) is 3.31. The van der Waals surface area contributed by atoms with Gasteiger partial charge in [0.1, 0.15) is 22.8 Å². The number of hydrogen-bond donors (Lipinski definition) is 3. The summed E-state index contributed by atoms with van der Waals surface area (Å²) in [6.45, 7) is 0.235. The van der Waals surface area contributed by atoms with Gasteiger partial charge < -0.3 is 16.2 Å². The maximum absolute atomic E-state index is 13.4. The number of anilines is 1. The van der Waals surface area contributed by atoms with Crippen LogP contribution in [-0.4, -0.2) is 36.8 Å². The Morgan fingerprint density at radius 1 is 1.05 bits per heavy atom. The Bertz CT molecular complexity index is 1690. The van der Waals surface area contributed by atoms with E-state index in [9.17, 15) is 23.5 Å². The molecule has 0 bridgehead atoms. The number of nitrogens with zero attached hydrogens (tertiary/aromatic N) is 4. The first-order valence-electron chi connectivity index (χ1n) is 11.9. The quantitative estimate of drug-likeness (QED) is 0.254. The predicted molar refractivity (Wildman–Crippen MR) is 141 cm³/mol. The van der Waals surface area contributed by atoms with Crippen LogP contribution in [0, 0.1) is 0 Å². The minimum absolute atomic E-state index is 0.0276. The number of nitrogens with one attached hydrogen (secondary N) is 1. The number of amides is 1. The molecule has 196 valence electrons. The number of pyridine rings is 2. The van der Waals surface area contributed by atoms with E-state index in [1.807, 2.05) is 0 Å². The van der Waals surface area contributed by atoms with Gasteiger partial charge in [-0.25, -0.2) is 23.7 Å². The molecular formula is C28H22F2N6O3. The third-order valence-electron chi connectivity index (χ3n) is 6.10. The summed E-state index contributed by atoms with van der Waals surface area (Å²) >= 11 is 0. The van der Waals surface area contributed by atoms with Gasteiger partial charge in [0.25, 0.3) is 6.43 Å². The number of carbonyl (C=O) groups excluding carboxylic acids is 2. The SMILES string of the molecule is Nc1ncccc1-c1nc2ccc(C(F)F)nc2n1-c1ccc(CNC(=O)Cc2ccc(C=O)c(O)c2)cc1. The molecule has 0 atom stereocenters. The Hall–Kier alpha value is -5.19. The van der Waals surface area contributed by atoms with E-state index in [0.29, 0.717) is 34.4 Å². The van der Waals surface area contributed by atoms with Gasteiger partial charge in [0.15, 0.2) is 17.8 Å². The van der Waals surface area contributed by atoms with E-state index < -0.39 is 6.43 Å². The maximum Gasteiger partial charge on any atom is 0.280 e. The second kappa shape index (κ2) is 10.7. The standard InChI is InChI=1S/C28H22F2N6O3/c29-25(30)21-9-10-22-28(34-21)36(27(35-22)20-2-1-11-32-26(20)31)19-7-4-16(5-8-19)14-33-24(39)13-17-3-6-18(15-37)23(38)12-17/h1-12,15,25,38H,13-14H2,(H2,31,32)(H,33,39). The van der Waals surface area contributed by atoms with E-state index in [1.165, 1.54) is 24.3 Å². The Kier molecular flexibility index (Phi) is 6.96. The Morgan fingerprint density at radius 3 is 2.51 bits per heavy atom. The van der Waals surface area contributed by atoms with Crippen molar-refractivity contribution in [3.05, 3.63) is 95.3 Å². The van der Waals surface area contributed by atoms with E-state index in [1.54, 1.807) is 53.2 Å². The van der Waals surface area contributed by atoms with Crippen LogP contribution in [0.4, 0.5) is 14.6 Å². The number of hydrogen-bond acceptors (Lipinski definition) is 7. The summed E-state index contributed by atoms with van der Waals surface area (Å²) in [7, 11) is 0. The molecule has 9 nitrogen and oxygen atoms in total. The molecule has 39 heavy (non-hydrogen) atoms. The third-order valence-corrected chi connectivity index (χ3v) is 6.10. The number of phenols is 1. The number of aromatic nitrogens is 4. The molecule has 0 fully saturated rings. The molecule has 3 aromatic heterocycles. The number of nitrogen functional groups attached to an aromatic ring is 1. The summed E-state index contributed by atoms with van der Waals surface area (Å²) < 4.78 is 28.5. The topological polar surface area (TPSA) is 136 Å². The van der Waals surface area contributed by atoms with Gasteiger partial charge in [0, 0.05) is 18.4 Å². The van der Waals surface area contributed by atoms with E-state index >= 15 is 0 Å². The predicted octanol–water partition coefficient (Wildman–Crippen LogP) is 4.38. The molecule has 0 saturated carbocycles. The Labute approximate surface area is 221 Å². The van der Waals surface area contributed by atoms with E-state index in [4.69, 9.17) is 5.73 Å². The lowest BCUT2D eigenvalue weighted by molar-refractivity contribution is -0.120. The average molecular weight is 529 g/mol. The number of alkyl halides is 2. The van der Waals surface area contributed by atoms with Crippen molar-refractivity contribution in [3.63, 3.8) is 0 Å². The van der Waals surface area contributed by atoms with Gasteiger partial charge >= 0.3 is 0 Å². The van der Waals surface area contributed by atoms with Crippen LogP contribution in [0.3, 0.4) is 0 Å². The number of benzene rings is 2. The number of fused-ring (bicyclic) bond motifs is 1. The number of nitrogens with two attached hydrogens (primary N) is 1. The molecule has 0 aliphatic carbocycles. The lowest BCUT2D eigenvalue weighted by Gasteiger charge is -2.12. The second-order valence-corrected chi connectivity index (χ2v) is 8.72. The van der Waals surface area contributed by atoms with Crippen LogP contribution in [0.1, 0.15) is 33.6 Å². The van der Waals surface area contributed by atoms with Crippen molar-refractivity contribution < 1.29 is 23.5 Å². The van der Waals surface area contributed by atoms with Crippen molar-refractivity contribution in [2.45, 2.75) is 19.4 Å². The van der Waals surface area contributed by atoms with Gasteiger partial charge in [0.05, 0.1) is 17.5 Å². The molecule has 0 unspecified atom stereocenters. The van der Waals surface area contributed by atoms with Crippen LogP contribution in [0.25, 0.3) is 28.2 Å². The fraction of sp³-hybridized carbons (Fsp3) is 0.107. The lowest BCUT2D eigenvalue weighted by Crippen LogP contribution is -2.24. The van der Waals surface area contributed by atoms with Gasteiger partial charge in [-0.2, -0.15) is 0 Å². The van der Waals surface area contributed by atoms with Gasteiger partial charge in [-0.15, -0.1) is 0 Å². The van der Waals surface area contributed by atoms with Crippen molar-refractivity contribution in [1.29, 1.82) is 0 Å². The molecule has 4 N–H and O–H groups in total. The highest BCUT2D eigenvalue weighted by Crippen LogP contribution is 2.31. The number of aromatic hydroxyl groups is 1. The van der Waals surface area contributed by atoms with Crippen LogP contribution in [0.5, 0.6) is 5.75 Å². The number of phenolic OH excluding ortho intramolecular Hbond substituents is 1. The van der Waals surface area contributed by atoms with Crippen molar-refractivity contribution in [3.8, 4) is 22.8 Å². The summed E-state index contributed by atoms with van der Waals surface area (Å²) in [5.74, 6) is 0.187. The van der Waals surface area contributed by atoms with Crippen molar-refractivity contribution in [2.75, 3.05) is 5.73 Å². The van der Waals surface area contributed by atoms with E-state index in [2.05, 4.69) is 20.3 Å². The monoisotopic (exact) mass is 528 g/mol. The summed E-state index contributed by atoms with van der Waals surface area (Å²) in [5.41, 5.74) is 9.03. The number of imidazole rings is 1. The van der Waals surface area contributed by atoms with Crippen molar-refractivity contribution >= 4 is 29.2 Å². The normalized spacial score (nSPS) is 11.2. The molecule has 0 aliphatic heterocycles. The third kappa shape index (κ3) is 5.28. The molecule has 0 saturated heterocycles. The fourth-order valence-corrected chi connectivity index (χ4v) is 4.14.